The van der Waals surface area contributed by atoms with Crippen molar-refractivity contribution in [3.05, 3.63) is 52.6 Å². The zero-order chi connectivity index (χ0) is 17.3. The molecule has 0 radical (unpaired) electrons. The van der Waals surface area contributed by atoms with E-state index in [-0.39, 0.29) is 64.7 Å². The Balaban J connectivity index is 0.00000288. The number of fused-ring (bicyclic) bond motifs is 1. The molecule has 0 atom stereocenters. The van der Waals surface area contributed by atoms with Gasteiger partial charge in [0, 0.05) is 5.57 Å². The van der Waals surface area contributed by atoms with Gasteiger partial charge in [-0.1, -0.05) is 38.1 Å². The zero-order valence-corrected chi connectivity index (χ0v) is 19.6. The summed E-state index contributed by atoms with van der Waals surface area (Å²) < 4.78 is 0. The van der Waals surface area contributed by atoms with Crippen LogP contribution in [0, 0.1) is 13.8 Å². The smallest absolute Gasteiger partial charge is 0.545 e. The normalized spacial score (nSPS) is 11.0. The number of rotatable bonds is 4. The van der Waals surface area contributed by atoms with E-state index in [0.29, 0.717) is 17.6 Å². The van der Waals surface area contributed by atoms with E-state index in [1.807, 2.05) is 32.0 Å². The van der Waals surface area contributed by atoms with Gasteiger partial charge in [-0.25, -0.2) is 0 Å². The maximum atomic E-state index is 11.4. The molecule has 0 aliphatic heterocycles. The molecule has 2 aliphatic rings. The van der Waals surface area contributed by atoms with E-state index in [4.69, 9.17) is 0 Å². The van der Waals surface area contributed by atoms with Crippen molar-refractivity contribution >= 4 is 17.5 Å². The third-order valence-corrected chi connectivity index (χ3v) is 3.99. The summed E-state index contributed by atoms with van der Waals surface area (Å²) in [4.78, 5) is 22.2. The molecule has 4 nitrogen and oxygen atoms in total. The minimum atomic E-state index is -1.56. The van der Waals surface area contributed by atoms with E-state index < -0.39 is 11.9 Å². The fraction of sp³-hybridized carbons (Fsp3) is 0.263. The third kappa shape index (κ3) is 5.43. The summed E-state index contributed by atoms with van der Waals surface area (Å²) in [5, 5.41) is 22.2. The number of hydrogen-bond acceptors (Lipinski definition) is 4. The standard InChI is InChI=1S/C19H20O4.2Na/c1-10(2)13-6-5-11(3)18-14(8-13)12(4)7-15(18)16(19(22)23)9-17(20)21;;/h5-10H,1-4H3,(H,20,21)(H,22,23);;/q;2*+1/p-2/b16-9-;;. The Morgan fingerprint density at radius 3 is 2.08 bits per heavy atom. The molecule has 25 heavy (non-hydrogen) atoms. The molecule has 0 N–H and O–H groups in total. The fourth-order valence-corrected chi connectivity index (χ4v) is 2.77. The van der Waals surface area contributed by atoms with E-state index in [2.05, 4.69) is 13.8 Å². The van der Waals surface area contributed by atoms with Gasteiger partial charge in [0.25, 0.3) is 0 Å². The first-order valence-electron chi connectivity index (χ1n) is 7.40. The zero-order valence-electron chi connectivity index (χ0n) is 15.6. The van der Waals surface area contributed by atoms with Gasteiger partial charge in [-0.2, -0.15) is 0 Å². The van der Waals surface area contributed by atoms with Gasteiger partial charge in [-0.3, -0.25) is 0 Å². The first kappa shape index (κ1) is 24.4. The van der Waals surface area contributed by atoms with Gasteiger partial charge in [-0.15, -0.1) is 0 Å². The Kier molecular flexibility index (Phi) is 9.66. The first-order chi connectivity index (χ1) is 10.7. The van der Waals surface area contributed by atoms with Crippen molar-refractivity contribution in [1.29, 1.82) is 0 Å². The van der Waals surface area contributed by atoms with Gasteiger partial charge in [0.05, 0.1) is 11.9 Å². The maximum absolute atomic E-state index is 11.4. The molecule has 2 aliphatic carbocycles. The van der Waals surface area contributed by atoms with Crippen LogP contribution in [0.5, 0.6) is 0 Å². The molecular formula is C19H18Na2O4. The molecule has 2 rings (SSSR count). The van der Waals surface area contributed by atoms with Crippen molar-refractivity contribution < 1.29 is 78.9 Å². The molecule has 0 unspecified atom stereocenters. The van der Waals surface area contributed by atoms with E-state index >= 15 is 0 Å². The second-order valence-electron chi connectivity index (χ2n) is 6.01. The summed E-state index contributed by atoms with van der Waals surface area (Å²) in [6, 6.07) is 7.64. The van der Waals surface area contributed by atoms with Crippen LogP contribution >= 0.6 is 0 Å². The SMILES string of the molecule is Cc1cc(/C(=C/C(=O)[O-])C(=O)[O-])c2c(C)ccc(C(C)C)cc1-2.[Na+].[Na+]. The number of aryl methyl sites for hydroxylation is 2. The van der Waals surface area contributed by atoms with Crippen LogP contribution in [0.25, 0.3) is 16.7 Å². The van der Waals surface area contributed by atoms with Crippen LogP contribution in [0.4, 0.5) is 0 Å². The van der Waals surface area contributed by atoms with Crippen LogP contribution in [0.3, 0.4) is 0 Å². The van der Waals surface area contributed by atoms with E-state index in [0.717, 1.165) is 27.8 Å². The number of carboxylic acids is 2. The molecule has 0 aromatic rings. The Bertz CT molecular complexity index is 794. The second-order valence-corrected chi connectivity index (χ2v) is 6.01. The van der Waals surface area contributed by atoms with Crippen LogP contribution in [-0.2, 0) is 9.59 Å². The average molecular weight is 356 g/mol. The van der Waals surface area contributed by atoms with Crippen LogP contribution in [0.1, 0.15) is 42.0 Å². The van der Waals surface area contributed by atoms with Gasteiger partial charge in [0.15, 0.2) is 0 Å². The molecule has 0 saturated heterocycles. The Hall–Kier alpha value is -0.620. The van der Waals surface area contributed by atoms with E-state index in [1.54, 1.807) is 6.07 Å². The summed E-state index contributed by atoms with van der Waals surface area (Å²) in [6.07, 6.45) is 0.583. The summed E-state index contributed by atoms with van der Waals surface area (Å²) >= 11 is 0. The van der Waals surface area contributed by atoms with E-state index in [1.165, 1.54) is 0 Å². The molecule has 0 aromatic carbocycles. The molecule has 6 heteroatoms. The van der Waals surface area contributed by atoms with Crippen LogP contribution in [0.15, 0.2) is 30.3 Å². The van der Waals surface area contributed by atoms with Gasteiger partial charge in [-0.05, 0) is 59.2 Å². The predicted molar refractivity (Wildman–Crippen MR) is 84.6 cm³/mol. The molecule has 0 spiro atoms. The van der Waals surface area contributed by atoms with Crippen molar-refractivity contribution in [1.82, 2.24) is 0 Å². The maximum Gasteiger partial charge on any atom is 1.00 e. The van der Waals surface area contributed by atoms with Gasteiger partial charge < -0.3 is 19.8 Å². The third-order valence-electron chi connectivity index (χ3n) is 3.99. The Morgan fingerprint density at radius 2 is 1.60 bits per heavy atom. The molecule has 0 amide bonds. The van der Waals surface area contributed by atoms with Crippen molar-refractivity contribution in [2.24, 2.45) is 0 Å². The monoisotopic (exact) mass is 356 g/mol. The summed E-state index contributed by atoms with van der Waals surface area (Å²) in [7, 11) is 0. The molecular weight excluding hydrogens is 338 g/mol. The van der Waals surface area contributed by atoms with Crippen LogP contribution < -0.4 is 69.3 Å². The second kappa shape index (κ2) is 9.91. The summed E-state index contributed by atoms with van der Waals surface area (Å²) in [5.41, 5.74) is 4.51. The number of carboxylic acid groups (broad SMARTS) is 2. The Labute approximate surface area is 192 Å². The average Bonchev–Trinajstić information content (AvgIpc) is 2.64. The van der Waals surface area contributed by atoms with E-state index in [9.17, 15) is 19.8 Å². The van der Waals surface area contributed by atoms with Gasteiger partial charge in [0.1, 0.15) is 0 Å². The van der Waals surface area contributed by atoms with Crippen molar-refractivity contribution in [2.75, 3.05) is 0 Å². The van der Waals surface area contributed by atoms with Gasteiger partial charge >= 0.3 is 59.1 Å². The van der Waals surface area contributed by atoms with Crippen molar-refractivity contribution in [3.8, 4) is 11.1 Å². The minimum Gasteiger partial charge on any atom is -0.545 e. The summed E-state index contributed by atoms with van der Waals surface area (Å²) in [6.45, 7) is 7.92. The van der Waals surface area contributed by atoms with Crippen LogP contribution in [-0.4, -0.2) is 11.9 Å². The molecule has 0 aromatic heterocycles. The fourth-order valence-electron chi connectivity index (χ4n) is 2.77. The largest absolute Gasteiger partial charge is 1.00 e. The number of carbonyl (C=O) groups excluding carboxylic acids is 2. The van der Waals surface area contributed by atoms with Crippen molar-refractivity contribution in [3.63, 3.8) is 0 Å². The molecule has 0 fully saturated rings. The topological polar surface area (TPSA) is 80.3 Å². The predicted octanol–water partition coefficient (Wildman–Crippen LogP) is -4.58. The molecule has 0 heterocycles. The number of carbonyl (C=O) groups is 2. The number of aliphatic carboxylic acids is 2. The quantitative estimate of drug-likeness (QED) is 0.408. The van der Waals surface area contributed by atoms with Crippen LogP contribution in [0.2, 0.25) is 0 Å². The molecule has 0 bridgehead atoms. The first-order valence-corrected chi connectivity index (χ1v) is 7.40. The van der Waals surface area contributed by atoms with Crippen molar-refractivity contribution in [2.45, 2.75) is 33.6 Å². The summed E-state index contributed by atoms with van der Waals surface area (Å²) in [5.74, 6) is -2.77. The number of hydrogen-bond donors (Lipinski definition) is 0. The Morgan fingerprint density at radius 1 is 1.00 bits per heavy atom. The minimum absolute atomic E-state index is 0. The molecule has 0 saturated carbocycles. The van der Waals surface area contributed by atoms with Gasteiger partial charge in [0.2, 0.25) is 0 Å². The molecule has 120 valence electrons.